The van der Waals surface area contributed by atoms with Crippen molar-refractivity contribution in [1.82, 2.24) is 20.2 Å². The molecule has 1 aliphatic rings. The van der Waals surface area contributed by atoms with E-state index in [4.69, 9.17) is 0 Å². The van der Waals surface area contributed by atoms with Crippen LogP contribution in [0, 0.1) is 11.7 Å². The SMILES string of the molecule is CC(C)C(NC(=O)c1ccccc1F)C(=O)N1CCN(c2nc3cccnc3s2)CC1. The van der Waals surface area contributed by atoms with E-state index in [0.717, 1.165) is 15.5 Å². The first kappa shape index (κ1) is 21.2. The van der Waals surface area contributed by atoms with E-state index in [0.29, 0.717) is 26.2 Å². The Hall–Kier alpha value is -3.07. The van der Waals surface area contributed by atoms with Crippen LogP contribution in [0.2, 0.25) is 0 Å². The molecule has 4 rings (SSSR count). The van der Waals surface area contributed by atoms with Crippen molar-refractivity contribution >= 4 is 38.6 Å². The van der Waals surface area contributed by atoms with Crippen molar-refractivity contribution in [3.05, 3.63) is 54.0 Å². The first-order valence-electron chi connectivity index (χ1n) is 10.2. The second kappa shape index (κ2) is 8.97. The van der Waals surface area contributed by atoms with Gasteiger partial charge in [0, 0.05) is 32.4 Å². The number of aromatic nitrogens is 2. The Morgan fingerprint density at radius 1 is 1.10 bits per heavy atom. The third-order valence-electron chi connectivity index (χ3n) is 5.35. The van der Waals surface area contributed by atoms with Gasteiger partial charge >= 0.3 is 0 Å². The minimum atomic E-state index is -0.717. The Kier molecular flexibility index (Phi) is 6.13. The number of benzene rings is 1. The summed E-state index contributed by atoms with van der Waals surface area (Å²) in [6, 6.07) is 8.86. The molecule has 1 aliphatic heterocycles. The highest BCUT2D eigenvalue weighted by atomic mass is 32.1. The summed E-state index contributed by atoms with van der Waals surface area (Å²) in [6.07, 6.45) is 1.75. The summed E-state index contributed by atoms with van der Waals surface area (Å²) >= 11 is 1.54. The van der Waals surface area contributed by atoms with Crippen molar-refractivity contribution in [3.8, 4) is 0 Å². The van der Waals surface area contributed by atoms with Crippen molar-refractivity contribution in [2.75, 3.05) is 31.1 Å². The van der Waals surface area contributed by atoms with Gasteiger partial charge in [-0.05, 0) is 30.2 Å². The molecule has 1 saturated heterocycles. The fourth-order valence-electron chi connectivity index (χ4n) is 3.59. The number of fused-ring (bicyclic) bond motifs is 1. The number of rotatable bonds is 5. The van der Waals surface area contributed by atoms with Crippen LogP contribution in [0.25, 0.3) is 10.3 Å². The number of amides is 2. The number of hydrogen-bond donors (Lipinski definition) is 1. The zero-order valence-electron chi connectivity index (χ0n) is 17.4. The molecule has 162 valence electrons. The van der Waals surface area contributed by atoms with Gasteiger partial charge in [0.2, 0.25) is 5.91 Å². The molecule has 9 heteroatoms. The standard InChI is InChI=1S/C22H24FN5O2S/c1-14(2)18(26-19(29)15-6-3-4-7-16(15)23)21(30)27-10-12-28(13-11-27)22-25-17-8-5-9-24-20(17)31-22/h3-9,14,18H,10-13H2,1-2H3,(H,26,29). The number of halogens is 1. The van der Waals surface area contributed by atoms with Crippen LogP contribution in [0.5, 0.6) is 0 Å². The minimum absolute atomic E-state index is 0.0600. The molecular formula is C22H24FN5O2S. The van der Waals surface area contributed by atoms with Gasteiger partial charge < -0.3 is 15.1 Å². The van der Waals surface area contributed by atoms with E-state index in [1.54, 1.807) is 17.2 Å². The third kappa shape index (κ3) is 4.51. The predicted octanol–water partition coefficient (Wildman–Crippen LogP) is 2.93. The summed E-state index contributed by atoms with van der Waals surface area (Å²) in [5.41, 5.74) is 0.812. The molecule has 0 saturated carbocycles. The number of thiazole rings is 1. The summed E-state index contributed by atoms with van der Waals surface area (Å²) in [6.45, 7) is 6.10. The predicted molar refractivity (Wildman–Crippen MR) is 119 cm³/mol. The Balaban J connectivity index is 1.41. The van der Waals surface area contributed by atoms with Gasteiger partial charge in [-0.25, -0.2) is 14.4 Å². The van der Waals surface area contributed by atoms with Crippen LogP contribution in [0.4, 0.5) is 9.52 Å². The lowest BCUT2D eigenvalue weighted by Gasteiger charge is -2.37. The molecule has 3 aromatic rings. The largest absolute Gasteiger partial charge is 0.344 e. The quantitative estimate of drug-likeness (QED) is 0.659. The minimum Gasteiger partial charge on any atom is -0.344 e. The maximum absolute atomic E-state index is 14.0. The fourth-order valence-corrected chi connectivity index (χ4v) is 4.55. The zero-order valence-corrected chi connectivity index (χ0v) is 18.2. The van der Waals surface area contributed by atoms with Crippen molar-refractivity contribution in [2.24, 2.45) is 5.92 Å². The molecule has 2 aromatic heterocycles. The van der Waals surface area contributed by atoms with E-state index < -0.39 is 17.8 Å². The number of hydrogen-bond acceptors (Lipinski definition) is 6. The number of anilines is 1. The summed E-state index contributed by atoms with van der Waals surface area (Å²) < 4.78 is 14.0. The van der Waals surface area contributed by atoms with Crippen LogP contribution in [0.1, 0.15) is 24.2 Å². The van der Waals surface area contributed by atoms with E-state index in [2.05, 4.69) is 20.2 Å². The Morgan fingerprint density at radius 2 is 1.84 bits per heavy atom. The van der Waals surface area contributed by atoms with Crippen LogP contribution < -0.4 is 10.2 Å². The molecular weight excluding hydrogens is 417 g/mol. The van der Waals surface area contributed by atoms with E-state index in [1.807, 2.05) is 26.0 Å². The molecule has 1 fully saturated rings. The molecule has 7 nitrogen and oxygen atoms in total. The maximum atomic E-state index is 14.0. The Bertz CT molecular complexity index is 1060. The number of nitrogens with one attached hydrogen (secondary N) is 1. The highest BCUT2D eigenvalue weighted by Gasteiger charge is 2.32. The average molecular weight is 442 g/mol. The van der Waals surface area contributed by atoms with Crippen molar-refractivity contribution in [3.63, 3.8) is 0 Å². The highest BCUT2D eigenvalue weighted by Crippen LogP contribution is 2.27. The van der Waals surface area contributed by atoms with Crippen LogP contribution >= 0.6 is 11.3 Å². The van der Waals surface area contributed by atoms with Gasteiger partial charge in [-0.2, -0.15) is 0 Å². The van der Waals surface area contributed by atoms with Gasteiger partial charge in [-0.1, -0.05) is 37.3 Å². The molecule has 1 aromatic carbocycles. The molecule has 0 bridgehead atoms. The molecule has 0 radical (unpaired) electrons. The van der Waals surface area contributed by atoms with E-state index in [-0.39, 0.29) is 17.4 Å². The Morgan fingerprint density at radius 3 is 2.52 bits per heavy atom. The third-order valence-corrected chi connectivity index (χ3v) is 6.39. The van der Waals surface area contributed by atoms with E-state index in [9.17, 15) is 14.0 Å². The first-order chi connectivity index (χ1) is 14.9. The van der Waals surface area contributed by atoms with Gasteiger partial charge in [0.15, 0.2) is 5.13 Å². The normalized spacial score (nSPS) is 15.4. The first-order valence-corrected chi connectivity index (χ1v) is 11.1. The lowest BCUT2D eigenvalue weighted by molar-refractivity contribution is -0.134. The topological polar surface area (TPSA) is 78.4 Å². The summed E-state index contributed by atoms with van der Waals surface area (Å²) in [7, 11) is 0. The lowest BCUT2D eigenvalue weighted by atomic mass is 10.0. The molecule has 1 atom stereocenters. The van der Waals surface area contributed by atoms with Crippen LogP contribution in [0.3, 0.4) is 0 Å². The smallest absolute Gasteiger partial charge is 0.254 e. The summed E-state index contributed by atoms with van der Waals surface area (Å²) in [5, 5.41) is 3.63. The van der Waals surface area contributed by atoms with Crippen molar-refractivity contribution < 1.29 is 14.0 Å². The van der Waals surface area contributed by atoms with Gasteiger partial charge in [0.25, 0.3) is 5.91 Å². The molecule has 1 unspecified atom stereocenters. The van der Waals surface area contributed by atoms with Crippen molar-refractivity contribution in [2.45, 2.75) is 19.9 Å². The van der Waals surface area contributed by atoms with Crippen LogP contribution in [-0.4, -0.2) is 58.9 Å². The summed E-state index contributed by atoms with van der Waals surface area (Å²) in [4.78, 5) is 39.5. The molecule has 31 heavy (non-hydrogen) atoms. The highest BCUT2D eigenvalue weighted by molar-refractivity contribution is 7.21. The second-order valence-corrected chi connectivity index (χ2v) is 8.77. The second-order valence-electron chi connectivity index (χ2n) is 7.81. The number of carbonyl (C=O) groups is 2. The van der Waals surface area contributed by atoms with E-state index in [1.165, 1.54) is 29.5 Å². The molecule has 2 amide bonds. The van der Waals surface area contributed by atoms with Gasteiger partial charge in [0.1, 0.15) is 22.2 Å². The lowest BCUT2D eigenvalue weighted by Crippen LogP contribution is -2.56. The van der Waals surface area contributed by atoms with E-state index >= 15 is 0 Å². The monoisotopic (exact) mass is 441 g/mol. The zero-order chi connectivity index (χ0) is 22.0. The number of pyridine rings is 1. The molecule has 0 aliphatic carbocycles. The number of piperazine rings is 1. The molecule has 3 heterocycles. The average Bonchev–Trinajstić information content (AvgIpc) is 3.21. The number of nitrogens with zero attached hydrogens (tertiary/aromatic N) is 4. The van der Waals surface area contributed by atoms with Gasteiger partial charge in [-0.15, -0.1) is 0 Å². The summed E-state index contributed by atoms with van der Waals surface area (Å²) in [5.74, 6) is -1.46. The maximum Gasteiger partial charge on any atom is 0.254 e. The molecule has 0 spiro atoms. The van der Waals surface area contributed by atoms with Gasteiger partial charge in [0.05, 0.1) is 5.56 Å². The Labute approximate surface area is 183 Å². The molecule has 1 N–H and O–H groups in total. The van der Waals surface area contributed by atoms with Crippen molar-refractivity contribution in [1.29, 1.82) is 0 Å². The van der Waals surface area contributed by atoms with Crippen LogP contribution in [0.15, 0.2) is 42.6 Å². The van der Waals surface area contributed by atoms with Gasteiger partial charge in [-0.3, -0.25) is 9.59 Å². The number of carbonyl (C=O) groups excluding carboxylic acids is 2. The fraction of sp³-hybridized carbons (Fsp3) is 0.364. The van der Waals surface area contributed by atoms with Crippen LogP contribution in [-0.2, 0) is 4.79 Å².